The topological polar surface area (TPSA) is 91.9 Å². The number of anilines is 2. The minimum atomic E-state index is -0.201. The molecule has 0 bridgehead atoms. The Morgan fingerprint density at radius 2 is 1.88 bits per heavy atom. The van der Waals surface area contributed by atoms with Gasteiger partial charge in [0, 0.05) is 24.4 Å². The predicted molar refractivity (Wildman–Crippen MR) is 135 cm³/mol. The molecule has 5 rings (SSSR count). The van der Waals surface area contributed by atoms with Gasteiger partial charge in [0.15, 0.2) is 0 Å². The summed E-state index contributed by atoms with van der Waals surface area (Å²) >= 11 is 6.44. The molecule has 8 heteroatoms. The maximum atomic E-state index is 11.9. The number of nitrogens with zero attached hydrogens (tertiary/aromatic N) is 2. The third-order valence-corrected chi connectivity index (χ3v) is 6.46. The fourth-order valence-corrected chi connectivity index (χ4v) is 4.52. The van der Waals surface area contributed by atoms with Gasteiger partial charge in [0.1, 0.15) is 11.8 Å². The highest BCUT2D eigenvalue weighted by atomic mass is 35.5. The molecule has 0 radical (unpaired) electrons. The molecular formula is C26H26ClN5O2. The number of fused-ring (bicyclic) bond motifs is 1. The minimum Gasteiger partial charge on any atom is -0.474 e. The Kier molecular flexibility index (Phi) is 6.11. The van der Waals surface area contributed by atoms with Crippen LogP contribution in [0.4, 0.5) is 11.6 Å². The summed E-state index contributed by atoms with van der Waals surface area (Å²) in [6.45, 7) is 2.07. The molecule has 1 fully saturated rings. The quantitative estimate of drug-likeness (QED) is 0.317. The molecule has 4 aromatic rings. The number of nitrogens with one attached hydrogen (secondary N) is 3. The van der Waals surface area contributed by atoms with E-state index in [1.165, 1.54) is 5.56 Å². The molecule has 1 amide bonds. The lowest BCUT2D eigenvalue weighted by Gasteiger charge is -2.15. The maximum Gasteiger partial charge on any atom is 0.251 e. The molecule has 2 heterocycles. The summed E-state index contributed by atoms with van der Waals surface area (Å²) in [6, 6.07) is 13.4. The van der Waals surface area contributed by atoms with Crippen LogP contribution in [0, 0.1) is 6.92 Å². The number of rotatable bonds is 6. The summed E-state index contributed by atoms with van der Waals surface area (Å²) in [7, 11) is 1.58. The highest BCUT2D eigenvalue weighted by Gasteiger charge is 2.22. The van der Waals surface area contributed by atoms with Gasteiger partial charge >= 0.3 is 0 Å². The minimum absolute atomic E-state index is 0.141. The van der Waals surface area contributed by atoms with Gasteiger partial charge in [0.2, 0.25) is 11.8 Å². The largest absolute Gasteiger partial charge is 0.474 e. The van der Waals surface area contributed by atoms with Gasteiger partial charge in [0.05, 0.1) is 16.1 Å². The van der Waals surface area contributed by atoms with Crippen molar-refractivity contribution >= 4 is 40.2 Å². The van der Waals surface area contributed by atoms with E-state index in [-0.39, 0.29) is 12.0 Å². The third kappa shape index (κ3) is 4.43. The number of hydrogen-bond acceptors (Lipinski definition) is 5. The first-order valence-corrected chi connectivity index (χ1v) is 11.8. The third-order valence-electron chi connectivity index (χ3n) is 6.15. The molecule has 0 atom stereocenters. The van der Waals surface area contributed by atoms with Crippen LogP contribution in [0.2, 0.25) is 5.02 Å². The van der Waals surface area contributed by atoms with E-state index in [4.69, 9.17) is 21.3 Å². The van der Waals surface area contributed by atoms with Gasteiger partial charge in [-0.25, -0.2) is 0 Å². The fourth-order valence-electron chi connectivity index (χ4n) is 4.29. The monoisotopic (exact) mass is 475 g/mol. The summed E-state index contributed by atoms with van der Waals surface area (Å²) in [5.41, 5.74) is 5.04. The van der Waals surface area contributed by atoms with Crippen molar-refractivity contribution in [3.05, 3.63) is 64.8 Å². The van der Waals surface area contributed by atoms with Crippen molar-refractivity contribution in [1.82, 2.24) is 20.3 Å². The number of benzene rings is 2. The molecule has 0 spiro atoms. The maximum absolute atomic E-state index is 11.9. The smallest absolute Gasteiger partial charge is 0.251 e. The fraction of sp³-hybridized carbons (Fsp3) is 0.269. The number of carbonyl (C=O) groups is 1. The van der Waals surface area contributed by atoms with E-state index >= 15 is 0 Å². The molecule has 0 aliphatic heterocycles. The number of hydrogen-bond donors (Lipinski definition) is 3. The molecule has 34 heavy (non-hydrogen) atoms. The Bertz CT molecular complexity index is 1340. The second-order valence-corrected chi connectivity index (χ2v) is 8.97. The van der Waals surface area contributed by atoms with Crippen molar-refractivity contribution in [2.75, 3.05) is 12.4 Å². The molecule has 1 aliphatic rings. The van der Waals surface area contributed by atoms with Crippen molar-refractivity contribution < 1.29 is 9.53 Å². The van der Waals surface area contributed by atoms with Crippen LogP contribution in [-0.4, -0.2) is 34.0 Å². The Balaban J connectivity index is 1.54. The molecule has 7 nitrogen and oxygen atoms in total. The number of halogens is 1. The Morgan fingerprint density at radius 3 is 2.59 bits per heavy atom. The van der Waals surface area contributed by atoms with E-state index < -0.39 is 0 Å². The number of carbonyl (C=O) groups excluding carboxylic acids is 1. The number of aryl methyl sites for hydroxylation is 1. The summed E-state index contributed by atoms with van der Waals surface area (Å²) in [6.07, 6.45) is 6.45. The second-order valence-electron chi connectivity index (χ2n) is 8.57. The standard InChI is InChI=1S/C26H26ClN5O2/c1-15-7-9-16(10-8-15)19-14-29-23-22(19)25(34-18-5-3-4-6-18)32-26(31-23)30-21-12-11-17(13-20(21)27)24(33)28-2/h7-14,18H,3-6H2,1-2H3,(H,28,33)(H2,29,30,31,32). The molecular weight excluding hydrogens is 450 g/mol. The van der Waals surface area contributed by atoms with Crippen molar-refractivity contribution in [3.63, 3.8) is 0 Å². The van der Waals surface area contributed by atoms with E-state index in [2.05, 4.69) is 51.8 Å². The van der Waals surface area contributed by atoms with Crippen molar-refractivity contribution in [3.8, 4) is 17.0 Å². The zero-order chi connectivity index (χ0) is 23.7. The van der Waals surface area contributed by atoms with E-state index in [0.29, 0.717) is 33.7 Å². The average molecular weight is 476 g/mol. The SMILES string of the molecule is CNC(=O)c1ccc(Nc2nc(OC3CCCC3)c3c(-c4ccc(C)cc4)c[nH]c3n2)c(Cl)c1. The second kappa shape index (κ2) is 9.35. The van der Waals surface area contributed by atoms with Gasteiger partial charge in [-0.05, 0) is 56.4 Å². The van der Waals surface area contributed by atoms with Crippen LogP contribution in [0.1, 0.15) is 41.6 Å². The molecule has 174 valence electrons. The number of aromatic amines is 1. The number of ether oxygens (including phenoxy) is 1. The first-order chi connectivity index (χ1) is 16.5. The lowest BCUT2D eigenvalue weighted by molar-refractivity contribution is 0.0963. The Morgan fingerprint density at radius 1 is 1.12 bits per heavy atom. The highest BCUT2D eigenvalue weighted by molar-refractivity contribution is 6.33. The van der Waals surface area contributed by atoms with E-state index in [1.807, 2.05) is 6.20 Å². The van der Waals surface area contributed by atoms with Crippen molar-refractivity contribution in [1.29, 1.82) is 0 Å². The van der Waals surface area contributed by atoms with Crippen molar-refractivity contribution in [2.24, 2.45) is 0 Å². The van der Waals surface area contributed by atoms with Crippen LogP contribution in [0.5, 0.6) is 5.88 Å². The van der Waals surface area contributed by atoms with Gasteiger partial charge < -0.3 is 20.4 Å². The normalized spacial score (nSPS) is 13.9. The predicted octanol–water partition coefficient (Wildman–Crippen LogP) is 6.01. The molecule has 3 N–H and O–H groups in total. The number of aromatic nitrogens is 3. The molecule has 0 saturated heterocycles. The molecule has 1 saturated carbocycles. The van der Waals surface area contributed by atoms with Crippen LogP contribution in [0.3, 0.4) is 0 Å². The first kappa shape index (κ1) is 22.2. The molecule has 0 unspecified atom stereocenters. The van der Waals surface area contributed by atoms with Crippen molar-refractivity contribution in [2.45, 2.75) is 38.7 Å². The lowest BCUT2D eigenvalue weighted by atomic mass is 10.0. The molecule has 2 aromatic carbocycles. The zero-order valence-electron chi connectivity index (χ0n) is 19.1. The van der Waals surface area contributed by atoms with Crippen LogP contribution in [0.15, 0.2) is 48.7 Å². The van der Waals surface area contributed by atoms with E-state index in [9.17, 15) is 4.79 Å². The van der Waals surface area contributed by atoms with E-state index in [0.717, 1.165) is 42.2 Å². The summed E-state index contributed by atoms with van der Waals surface area (Å²) in [5.74, 6) is 0.718. The van der Waals surface area contributed by atoms with Gasteiger partial charge in [-0.2, -0.15) is 9.97 Å². The van der Waals surface area contributed by atoms with Gasteiger partial charge in [0.25, 0.3) is 5.91 Å². The number of amides is 1. The van der Waals surface area contributed by atoms with E-state index in [1.54, 1.807) is 25.2 Å². The Hall–Kier alpha value is -3.58. The first-order valence-electron chi connectivity index (χ1n) is 11.4. The summed E-state index contributed by atoms with van der Waals surface area (Å²) < 4.78 is 6.41. The highest BCUT2D eigenvalue weighted by Crippen LogP contribution is 2.37. The lowest BCUT2D eigenvalue weighted by Crippen LogP contribution is -2.17. The van der Waals surface area contributed by atoms with Gasteiger partial charge in [-0.3, -0.25) is 4.79 Å². The van der Waals surface area contributed by atoms with Gasteiger partial charge in [-0.15, -0.1) is 0 Å². The summed E-state index contributed by atoms with van der Waals surface area (Å²) in [4.78, 5) is 24.6. The molecule has 1 aliphatic carbocycles. The average Bonchev–Trinajstić information content (AvgIpc) is 3.50. The number of H-pyrrole nitrogens is 1. The molecule has 2 aromatic heterocycles. The Labute approximate surface area is 202 Å². The van der Waals surface area contributed by atoms with Crippen LogP contribution in [-0.2, 0) is 0 Å². The van der Waals surface area contributed by atoms with Crippen LogP contribution in [0.25, 0.3) is 22.2 Å². The van der Waals surface area contributed by atoms with Crippen LogP contribution < -0.4 is 15.4 Å². The van der Waals surface area contributed by atoms with Crippen LogP contribution >= 0.6 is 11.6 Å². The zero-order valence-corrected chi connectivity index (χ0v) is 19.9. The summed E-state index contributed by atoms with van der Waals surface area (Å²) in [5, 5.41) is 7.04. The van der Waals surface area contributed by atoms with Gasteiger partial charge in [-0.1, -0.05) is 41.4 Å².